The number of nitrogens with zero attached hydrogens (tertiary/aromatic N) is 10. The van der Waals surface area contributed by atoms with Crippen molar-refractivity contribution in [3.05, 3.63) is 0 Å². The molecule has 10 rings (SSSR count). The van der Waals surface area contributed by atoms with E-state index in [1.165, 1.54) is 205 Å². The van der Waals surface area contributed by atoms with Gasteiger partial charge in [-0.25, -0.2) is 0 Å². The highest BCUT2D eigenvalue weighted by Crippen LogP contribution is 2.09. The Morgan fingerprint density at radius 3 is 0.959 bits per heavy atom. The quantitative estimate of drug-likeness (QED) is 0.330. The van der Waals surface area contributed by atoms with Crippen LogP contribution in [0, 0.1) is 0 Å². The van der Waals surface area contributed by atoms with Gasteiger partial charge in [0.05, 0.1) is 33.2 Å². The molecule has 440 valence electrons. The van der Waals surface area contributed by atoms with E-state index in [4.69, 9.17) is 14.2 Å². The SMILES string of the molecule is C.CN1CCCC1.CN1CCCCC1.CN1CCCCCC1.CN1CCCNCC1.CN1CCCOCC1.CN1CCCSCC1.CN1CCNCC1.CN1CCOC1.CN1CCOCC1.CN1CCSCC1. The molecule has 0 aromatic heterocycles. The Morgan fingerprint density at radius 1 is 0.247 bits per heavy atom. The van der Waals surface area contributed by atoms with Crippen molar-refractivity contribution in [3.8, 4) is 0 Å². The van der Waals surface area contributed by atoms with Gasteiger partial charge in [-0.2, -0.15) is 23.5 Å². The van der Waals surface area contributed by atoms with Gasteiger partial charge in [0, 0.05) is 115 Å². The van der Waals surface area contributed by atoms with E-state index in [9.17, 15) is 0 Å². The largest absolute Gasteiger partial charge is 0.380 e. The van der Waals surface area contributed by atoms with Gasteiger partial charge in [0.25, 0.3) is 0 Å². The van der Waals surface area contributed by atoms with Crippen molar-refractivity contribution in [2.24, 2.45) is 0 Å². The molecule has 0 aromatic rings. The molecule has 0 aliphatic carbocycles. The maximum Gasteiger partial charge on any atom is 0.0989 e. The van der Waals surface area contributed by atoms with Crippen LogP contribution in [0.15, 0.2) is 0 Å². The zero-order valence-corrected chi connectivity index (χ0v) is 51.0. The molecule has 10 heterocycles. The van der Waals surface area contributed by atoms with Crippen LogP contribution < -0.4 is 10.6 Å². The third-order valence-electron chi connectivity index (χ3n) is 13.9. The fourth-order valence-corrected chi connectivity index (χ4v) is 10.5. The average Bonchev–Trinajstić information content (AvgIpc) is 3.68. The molecule has 10 aliphatic rings. The van der Waals surface area contributed by atoms with Gasteiger partial charge in [0.1, 0.15) is 0 Å². The molecule has 0 amide bonds. The van der Waals surface area contributed by atoms with Crippen LogP contribution in [0.1, 0.15) is 84.5 Å². The van der Waals surface area contributed by atoms with Crippen LogP contribution in [0.2, 0.25) is 0 Å². The molecule has 10 aliphatic heterocycles. The molecule has 2 N–H and O–H groups in total. The molecular formula is C56H126N12O3S2. The van der Waals surface area contributed by atoms with Gasteiger partial charge in [-0.1, -0.05) is 26.7 Å². The van der Waals surface area contributed by atoms with E-state index in [1.54, 1.807) is 0 Å². The first-order chi connectivity index (χ1) is 34.9. The number of nitrogens with one attached hydrogen (secondary N) is 2. The number of piperazine rings is 1. The second-order valence-corrected chi connectivity index (χ2v) is 24.0. The monoisotopic (exact) mass is 1080 g/mol. The zero-order valence-electron chi connectivity index (χ0n) is 49.3. The molecule has 0 radical (unpaired) electrons. The maximum atomic E-state index is 5.22. The molecule has 0 spiro atoms. The summed E-state index contributed by atoms with van der Waals surface area (Å²) in [5, 5.41) is 6.61. The van der Waals surface area contributed by atoms with Crippen molar-refractivity contribution < 1.29 is 14.2 Å². The summed E-state index contributed by atoms with van der Waals surface area (Å²) in [5.41, 5.74) is 0. The number of hydrogen-bond acceptors (Lipinski definition) is 17. The van der Waals surface area contributed by atoms with Gasteiger partial charge in [0.2, 0.25) is 0 Å². The number of piperidine rings is 1. The molecule has 0 bridgehead atoms. The molecular weight excluding hydrogens is 953 g/mol. The number of thioether (sulfide) groups is 2. The van der Waals surface area contributed by atoms with E-state index < -0.39 is 0 Å². The molecule has 73 heavy (non-hydrogen) atoms. The number of morpholine rings is 1. The van der Waals surface area contributed by atoms with E-state index in [0.29, 0.717) is 0 Å². The Morgan fingerprint density at radius 2 is 0.548 bits per heavy atom. The predicted molar refractivity (Wildman–Crippen MR) is 325 cm³/mol. The smallest absolute Gasteiger partial charge is 0.0989 e. The van der Waals surface area contributed by atoms with Crippen molar-refractivity contribution in [2.75, 3.05) is 284 Å². The highest BCUT2D eigenvalue weighted by Gasteiger charge is 2.08. The Bertz CT molecular complexity index is 902. The minimum absolute atomic E-state index is 0. The third kappa shape index (κ3) is 52.6. The van der Waals surface area contributed by atoms with Crippen LogP contribution >= 0.6 is 23.5 Å². The fourth-order valence-electron chi connectivity index (χ4n) is 8.47. The van der Waals surface area contributed by atoms with Gasteiger partial charge in [0.15, 0.2) is 0 Å². The summed E-state index contributed by atoms with van der Waals surface area (Å²) in [7, 11) is 21.6. The van der Waals surface area contributed by atoms with E-state index in [0.717, 1.165) is 85.6 Å². The lowest BCUT2D eigenvalue weighted by atomic mass is 10.1. The van der Waals surface area contributed by atoms with E-state index >= 15 is 0 Å². The average molecular weight is 1080 g/mol. The lowest BCUT2D eigenvalue weighted by Gasteiger charge is -2.21. The van der Waals surface area contributed by atoms with Crippen molar-refractivity contribution in [3.63, 3.8) is 0 Å². The van der Waals surface area contributed by atoms with Gasteiger partial charge < -0.3 is 68.9 Å². The van der Waals surface area contributed by atoms with Crippen LogP contribution in [0.5, 0.6) is 0 Å². The predicted octanol–water partition coefficient (Wildman–Crippen LogP) is 5.29. The zero-order chi connectivity index (χ0) is 52.5. The lowest BCUT2D eigenvalue weighted by Crippen LogP contribution is -2.40. The molecule has 10 fully saturated rings. The highest BCUT2D eigenvalue weighted by atomic mass is 32.2. The second-order valence-electron chi connectivity index (χ2n) is 21.5. The number of hydrogen-bond donors (Lipinski definition) is 2. The van der Waals surface area contributed by atoms with Crippen molar-refractivity contribution >= 4 is 23.5 Å². The van der Waals surface area contributed by atoms with Gasteiger partial charge in [-0.3, -0.25) is 4.90 Å². The summed E-state index contributed by atoms with van der Waals surface area (Å²) in [4.78, 5) is 23.3. The standard InChI is InChI=1S/C7H15N.C6H14N2.C6H13NO.C6H13NS.C6H13N.C5H12N2.C5H11NO.C5H11NS.C5H11N.C4H9NO.CH4/c1-8-6-4-2-3-5-7-8;1-8-5-2-3-7-4-6-8;2*1-7-3-2-5-8-6-4-7;1-7-5-3-2-4-6-7;1-7-4-2-6-3-5-7;2*1-6-2-4-7-5-3-6;1-6-4-2-3-5-6;1-5-2-3-6-4-5;/h2-7H2,1H3;7H,2-6H2,1H3;2*2-6H2,1H3;2-6H2,1H3;6H,2-5H2,1H3;2*2-5H2,1H3;2-5H2,1H3;2-4H2,1H3;1H4. The third-order valence-corrected chi connectivity index (χ3v) is 15.9. The summed E-state index contributed by atoms with van der Waals surface area (Å²) in [6.07, 6.45) is 16.7. The van der Waals surface area contributed by atoms with Crippen molar-refractivity contribution in [1.29, 1.82) is 0 Å². The molecule has 0 unspecified atom stereocenters. The first-order valence-corrected chi connectivity index (χ1v) is 31.4. The lowest BCUT2D eigenvalue weighted by molar-refractivity contribution is 0.0503. The van der Waals surface area contributed by atoms with Gasteiger partial charge >= 0.3 is 0 Å². The number of ether oxygens (including phenoxy) is 3. The normalized spacial score (nSPS) is 24.9. The minimum atomic E-state index is 0. The topological polar surface area (TPSA) is 84.2 Å². The summed E-state index contributed by atoms with van der Waals surface area (Å²) >= 11 is 4.13. The number of likely N-dealkylation sites (tertiary alicyclic amines) is 3. The Kier molecular flexibility index (Phi) is 54.1. The van der Waals surface area contributed by atoms with E-state index in [1.807, 2.05) is 7.05 Å². The Balaban J connectivity index is 0.000000789. The Labute approximate surface area is 463 Å². The minimum Gasteiger partial charge on any atom is -0.380 e. The molecule has 0 saturated carbocycles. The first kappa shape index (κ1) is 73.1. The molecule has 0 atom stereocenters. The first-order valence-electron chi connectivity index (χ1n) is 29.1. The molecule has 0 aromatic carbocycles. The van der Waals surface area contributed by atoms with E-state index in [-0.39, 0.29) is 7.43 Å². The summed E-state index contributed by atoms with van der Waals surface area (Å²) in [6.45, 7) is 33.6. The van der Waals surface area contributed by atoms with Crippen LogP contribution in [-0.2, 0) is 14.2 Å². The van der Waals surface area contributed by atoms with Crippen molar-refractivity contribution in [1.82, 2.24) is 59.6 Å². The van der Waals surface area contributed by atoms with Crippen LogP contribution in [0.4, 0.5) is 0 Å². The molecule has 10 saturated heterocycles. The second kappa shape index (κ2) is 54.1. The van der Waals surface area contributed by atoms with Crippen LogP contribution in [0.25, 0.3) is 0 Å². The Hall–Kier alpha value is 0.1000. The summed E-state index contributed by atoms with van der Waals surface area (Å²) < 4.78 is 15.3. The van der Waals surface area contributed by atoms with Gasteiger partial charge in [-0.15, -0.1) is 0 Å². The van der Waals surface area contributed by atoms with Gasteiger partial charge in [-0.05, 0) is 193 Å². The summed E-state index contributed by atoms with van der Waals surface area (Å²) in [5.74, 6) is 5.36. The molecule has 15 nitrogen and oxygen atoms in total. The fraction of sp³-hybridized carbons (Fsp3) is 1.00. The van der Waals surface area contributed by atoms with Crippen molar-refractivity contribution in [2.45, 2.75) is 84.5 Å². The number of likely N-dealkylation sites (N-methyl/N-ethyl adjacent to an activating group) is 5. The van der Waals surface area contributed by atoms with E-state index in [2.05, 4.69) is 147 Å². The highest BCUT2D eigenvalue weighted by molar-refractivity contribution is 7.99. The maximum absolute atomic E-state index is 5.22. The molecule has 17 heteroatoms. The van der Waals surface area contributed by atoms with Crippen LogP contribution in [0.3, 0.4) is 0 Å². The van der Waals surface area contributed by atoms with Crippen LogP contribution in [-0.4, -0.2) is 333 Å². The summed E-state index contributed by atoms with van der Waals surface area (Å²) in [6, 6.07) is 0. The number of rotatable bonds is 0.